The normalized spacial score (nSPS) is 14.0. The quantitative estimate of drug-likeness (QED) is 0.0169. The fourth-order valence-electron chi connectivity index (χ4n) is 10.9. The smallest absolute Gasteiger partial charge is 0.462 e. The van der Waals surface area contributed by atoms with Crippen LogP contribution in [0.3, 0.4) is 0 Å². The van der Waals surface area contributed by atoms with Crippen LogP contribution in [0.4, 0.5) is 0 Å². The van der Waals surface area contributed by atoms with Crippen LogP contribution in [0.2, 0.25) is 0 Å². The standard InChI is InChI=1S/C73H140O17P2/c1-5-9-13-17-21-25-29-31-33-35-39-42-46-50-54-58-71(76)84-64-69(90-73(78)60-56-52-48-44-40-36-34-32-30-26-22-18-14-10-6-2)66-88-92(81,82)86-62-67(74)61-85-91(79,80)87-65-68(89-72(77)59-55-51-47-43-38-28-24-20-16-12-8-4)63-83-70(75)57-53-49-45-41-37-27-23-19-15-11-7-3/h19,23,67-69,74H,5-18,20-22,24-66H2,1-4H3,(H,79,80)(H,81,82)/b23-19-. The molecule has 5 unspecified atom stereocenters. The average Bonchev–Trinajstić information content (AvgIpc) is 2.39. The Balaban J connectivity index is 5.25. The molecule has 544 valence electrons. The highest BCUT2D eigenvalue weighted by Crippen LogP contribution is 2.45. The Bertz CT molecular complexity index is 1800. The molecule has 0 heterocycles. The van der Waals surface area contributed by atoms with Gasteiger partial charge in [-0.2, -0.15) is 0 Å². The van der Waals surface area contributed by atoms with Crippen molar-refractivity contribution in [1.29, 1.82) is 0 Å². The van der Waals surface area contributed by atoms with E-state index in [1.54, 1.807) is 0 Å². The number of carbonyl (C=O) groups excluding carboxylic acids is 4. The van der Waals surface area contributed by atoms with Crippen molar-refractivity contribution in [2.75, 3.05) is 39.6 Å². The van der Waals surface area contributed by atoms with Crippen molar-refractivity contribution in [3.63, 3.8) is 0 Å². The molecule has 0 aliphatic rings. The molecular weight excluding hydrogens is 1210 g/mol. The predicted molar refractivity (Wildman–Crippen MR) is 372 cm³/mol. The van der Waals surface area contributed by atoms with E-state index < -0.39 is 97.5 Å². The molecule has 17 nitrogen and oxygen atoms in total. The van der Waals surface area contributed by atoms with Crippen LogP contribution < -0.4 is 0 Å². The van der Waals surface area contributed by atoms with Gasteiger partial charge in [-0.15, -0.1) is 0 Å². The molecule has 0 bridgehead atoms. The summed E-state index contributed by atoms with van der Waals surface area (Å²) in [6.45, 7) is 4.91. The molecule has 0 saturated heterocycles. The molecule has 0 aromatic carbocycles. The lowest BCUT2D eigenvalue weighted by Crippen LogP contribution is -2.30. The maximum atomic E-state index is 13.1. The molecule has 0 aliphatic carbocycles. The van der Waals surface area contributed by atoms with Gasteiger partial charge in [0.05, 0.1) is 26.4 Å². The van der Waals surface area contributed by atoms with E-state index in [2.05, 4.69) is 39.8 Å². The van der Waals surface area contributed by atoms with Gasteiger partial charge in [-0.1, -0.05) is 316 Å². The van der Waals surface area contributed by atoms with Crippen LogP contribution >= 0.6 is 15.6 Å². The van der Waals surface area contributed by atoms with E-state index in [0.29, 0.717) is 25.7 Å². The van der Waals surface area contributed by atoms with Crippen LogP contribution in [0.1, 0.15) is 374 Å². The van der Waals surface area contributed by atoms with Crippen LogP contribution in [0.15, 0.2) is 12.2 Å². The van der Waals surface area contributed by atoms with Crippen LogP contribution in [-0.4, -0.2) is 96.7 Å². The SMILES string of the molecule is CCCC/C=C\CCCCCCCC(=O)OCC(COP(=O)(O)OCC(O)COP(=O)(O)OCC(COC(=O)CCCCCCCCCCCCCCCCC)OC(=O)CCCCCCCCCCCCCCCCC)OC(=O)CCCCCCCCCCCCC. The summed E-state index contributed by atoms with van der Waals surface area (Å²) >= 11 is 0. The molecule has 5 atom stereocenters. The molecular formula is C73H140O17P2. The molecule has 0 rings (SSSR count). The third-order valence-corrected chi connectivity index (χ3v) is 18.7. The van der Waals surface area contributed by atoms with Gasteiger partial charge in [0.1, 0.15) is 19.3 Å². The zero-order valence-corrected chi connectivity index (χ0v) is 61.1. The number of phosphoric acid groups is 2. The third-order valence-electron chi connectivity index (χ3n) is 16.8. The molecule has 0 fully saturated rings. The maximum Gasteiger partial charge on any atom is 0.472 e. The van der Waals surface area contributed by atoms with E-state index in [4.69, 9.17) is 37.0 Å². The lowest BCUT2D eigenvalue weighted by molar-refractivity contribution is -0.161. The second kappa shape index (κ2) is 67.4. The minimum Gasteiger partial charge on any atom is -0.462 e. The van der Waals surface area contributed by atoms with Crippen molar-refractivity contribution in [3.05, 3.63) is 12.2 Å². The fourth-order valence-corrected chi connectivity index (χ4v) is 12.5. The van der Waals surface area contributed by atoms with Crippen molar-refractivity contribution >= 4 is 39.5 Å². The number of phosphoric ester groups is 2. The molecule has 0 saturated carbocycles. The molecule has 0 aliphatic heterocycles. The van der Waals surface area contributed by atoms with E-state index >= 15 is 0 Å². The number of hydrogen-bond acceptors (Lipinski definition) is 15. The minimum absolute atomic E-state index is 0.104. The highest BCUT2D eigenvalue weighted by atomic mass is 31.2. The van der Waals surface area contributed by atoms with Gasteiger partial charge in [0.15, 0.2) is 12.2 Å². The van der Waals surface area contributed by atoms with Crippen LogP contribution in [0.25, 0.3) is 0 Å². The largest absolute Gasteiger partial charge is 0.472 e. The van der Waals surface area contributed by atoms with Gasteiger partial charge in [-0.3, -0.25) is 37.3 Å². The summed E-state index contributed by atoms with van der Waals surface area (Å²) in [7, 11) is -9.91. The van der Waals surface area contributed by atoms with Crippen LogP contribution in [-0.2, 0) is 65.4 Å². The lowest BCUT2D eigenvalue weighted by Gasteiger charge is -2.21. The van der Waals surface area contributed by atoms with E-state index in [9.17, 15) is 43.2 Å². The number of rotatable bonds is 73. The van der Waals surface area contributed by atoms with Gasteiger partial charge in [0.25, 0.3) is 0 Å². The van der Waals surface area contributed by atoms with Crippen LogP contribution in [0.5, 0.6) is 0 Å². The second-order valence-corrected chi connectivity index (χ2v) is 28.9. The summed E-state index contributed by atoms with van der Waals surface area (Å²) in [5, 5.41) is 10.6. The summed E-state index contributed by atoms with van der Waals surface area (Å²) in [6, 6.07) is 0. The van der Waals surface area contributed by atoms with E-state index in [0.717, 1.165) is 109 Å². The summed E-state index contributed by atoms with van der Waals surface area (Å²) < 4.78 is 68.4. The number of aliphatic hydroxyl groups excluding tert-OH is 1. The molecule has 0 aromatic rings. The fraction of sp³-hybridized carbons (Fsp3) is 0.918. The predicted octanol–water partition coefficient (Wildman–Crippen LogP) is 21.2. The van der Waals surface area contributed by atoms with Gasteiger partial charge < -0.3 is 33.8 Å². The molecule has 3 N–H and O–H groups in total. The first-order valence-corrected chi connectivity index (χ1v) is 40.9. The zero-order chi connectivity index (χ0) is 67.5. The number of ether oxygens (including phenoxy) is 4. The van der Waals surface area contributed by atoms with Crippen molar-refractivity contribution in [3.8, 4) is 0 Å². The summed E-state index contributed by atoms with van der Waals surface area (Å²) in [5.74, 6) is -2.13. The molecule has 0 radical (unpaired) electrons. The van der Waals surface area contributed by atoms with Crippen LogP contribution in [0, 0.1) is 0 Å². The Morgan fingerprint density at radius 2 is 0.511 bits per heavy atom. The average molecular weight is 1350 g/mol. The lowest BCUT2D eigenvalue weighted by atomic mass is 10.0. The highest BCUT2D eigenvalue weighted by molar-refractivity contribution is 7.47. The Kier molecular flexibility index (Phi) is 65.8. The van der Waals surface area contributed by atoms with Gasteiger partial charge in [-0.05, 0) is 44.9 Å². The summed E-state index contributed by atoms with van der Waals surface area (Å²) in [6.07, 6.45) is 57.8. The Morgan fingerprint density at radius 1 is 0.293 bits per heavy atom. The van der Waals surface area contributed by atoms with Gasteiger partial charge in [-0.25, -0.2) is 9.13 Å². The van der Waals surface area contributed by atoms with E-state index in [-0.39, 0.29) is 25.7 Å². The van der Waals surface area contributed by atoms with Gasteiger partial charge in [0.2, 0.25) is 0 Å². The van der Waals surface area contributed by atoms with E-state index in [1.807, 2.05) is 0 Å². The molecule has 19 heteroatoms. The van der Waals surface area contributed by atoms with Crippen molar-refractivity contribution in [2.45, 2.75) is 393 Å². The second-order valence-electron chi connectivity index (χ2n) is 26.0. The Hall–Kier alpha value is -2.20. The van der Waals surface area contributed by atoms with Crippen molar-refractivity contribution in [2.24, 2.45) is 0 Å². The topological polar surface area (TPSA) is 237 Å². The monoisotopic (exact) mass is 1350 g/mol. The molecule has 92 heavy (non-hydrogen) atoms. The first-order valence-electron chi connectivity index (χ1n) is 37.9. The number of esters is 4. The zero-order valence-electron chi connectivity index (χ0n) is 59.3. The molecule has 0 amide bonds. The van der Waals surface area contributed by atoms with Gasteiger partial charge >= 0.3 is 39.5 Å². The third kappa shape index (κ3) is 66.4. The van der Waals surface area contributed by atoms with Crippen molar-refractivity contribution in [1.82, 2.24) is 0 Å². The van der Waals surface area contributed by atoms with E-state index in [1.165, 1.54) is 186 Å². The summed E-state index contributed by atoms with van der Waals surface area (Å²) in [5.41, 5.74) is 0. The minimum atomic E-state index is -4.95. The Labute approximate surface area is 561 Å². The maximum absolute atomic E-state index is 13.1. The number of carbonyl (C=O) groups is 4. The first kappa shape index (κ1) is 89.8. The highest BCUT2D eigenvalue weighted by Gasteiger charge is 2.30. The Morgan fingerprint density at radius 3 is 0.783 bits per heavy atom. The molecule has 0 spiro atoms. The number of hydrogen-bond donors (Lipinski definition) is 3. The summed E-state index contributed by atoms with van der Waals surface area (Å²) in [4.78, 5) is 72.7. The number of unbranched alkanes of at least 4 members (excludes halogenated alkanes) is 45. The molecule has 0 aromatic heterocycles. The number of allylic oxidation sites excluding steroid dienone is 2. The van der Waals surface area contributed by atoms with Gasteiger partial charge in [0, 0.05) is 25.7 Å². The van der Waals surface area contributed by atoms with Crippen molar-refractivity contribution < 1.29 is 80.2 Å². The first-order chi connectivity index (χ1) is 44.7. The number of aliphatic hydroxyl groups is 1.